The highest BCUT2D eigenvalue weighted by atomic mass is 19.1. The summed E-state index contributed by atoms with van der Waals surface area (Å²) in [5, 5.41) is 12.1. The van der Waals surface area contributed by atoms with Crippen LogP contribution in [-0.4, -0.2) is 0 Å². The molecule has 0 aliphatic carbocycles. The molecule has 0 aliphatic rings. The molecule has 0 heterocycles. The van der Waals surface area contributed by atoms with E-state index in [9.17, 15) is 4.39 Å². The van der Waals surface area contributed by atoms with Crippen LogP contribution in [0.4, 0.5) is 10.1 Å². The van der Waals surface area contributed by atoms with Crippen molar-refractivity contribution in [1.82, 2.24) is 0 Å². The van der Waals surface area contributed by atoms with Gasteiger partial charge >= 0.3 is 0 Å². The van der Waals surface area contributed by atoms with Crippen molar-refractivity contribution in [3.05, 3.63) is 65.0 Å². The van der Waals surface area contributed by atoms with Gasteiger partial charge in [-0.2, -0.15) is 5.26 Å². The Hall–Kier alpha value is -2.34. The van der Waals surface area contributed by atoms with Crippen molar-refractivity contribution in [3.63, 3.8) is 0 Å². The highest BCUT2D eigenvalue weighted by Gasteiger charge is 2.07. The first-order valence-electron chi connectivity index (χ1n) is 6.12. The normalized spacial score (nSPS) is 11.7. The standard InChI is InChI=1S/C16H15FN2/c1-11-6-15(17)9-16(7-11)19-12(2)14-5-3-4-13(8-14)10-18/h3-9,12,19H,1-2H3. The molecule has 19 heavy (non-hydrogen) atoms. The van der Waals surface area contributed by atoms with Crippen molar-refractivity contribution in [3.8, 4) is 6.07 Å². The van der Waals surface area contributed by atoms with Gasteiger partial charge in [-0.15, -0.1) is 0 Å². The fourth-order valence-electron chi connectivity index (χ4n) is 2.03. The number of hydrogen-bond donors (Lipinski definition) is 1. The molecule has 0 fully saturated rings. The van der Waals surface area contributed by atoms with Crippen LogP contribution in [0.15, 0.2) is 42.5 Å². The zero-order valence-corrected chi connectivity index (χ0v) is 10.9. The third kappa shape index (κ3) is 3.32. The van der Waals surface area contributed by atoms with Gasteiger partial charge in [0, 0.05) is 11.7 Å². The number of halogens is 1. The maximum atomic E-state index is 13.3. The Labute approximate surface area is 112 Å². The van der Waals surface area contributed by atoms with Gasteiger partial charge in [0.1, 0.15) is 5.82 Å². The Morgan fingerprint density at radius 2 is 2.00 bits per heavy atom. The molecule has 96 valence electrons. The molecule has 0 saturated carbocycles. The molecule has 0 spiro atoms. The molecule has 1 atom stereocenters. The summed E-state index contributed by atoms with van der Waals surface area (Å²) in [6.45, 7) is 3.84. The Bertz CT molecular complexity index is 609. The van der Waals surface area contributed by atoms with Crippen LogP contribution in [0.2, 0.25) is 0 Å². The van der Waals surface area contributed by atoms with Crippen LogP contribution in [0, 0.1) is 24.1 Å². The van der Waals surface area contributed by atoms with E-state index in [0.717, 1.165) is 16.8 Å². The molecular formula is C16H15FN2. The first-order chi connectivity index (χ1) is 9.08. The SMILES string of the molecule is Cc1cc(F)cc(NC(C)c2cccc(C#N)c2)c1. The monoisotopic (exact) mass is 254 g/mol. The number of aryl methyl sites for hydroxylation is 1. The second-order valence-electron chi connectivity index (χ2n) is 4.62. The van der Waals surface area contributed by atoms with E-state index in [1.54, 1.807) is 6.07 Å². The van der Waals surface area contributed by atoms with E-state index in [1.807, 2.05) is 38.1 Å². The van der Waals surface area contributed by atoms with Gasteiger partial charge in [0.15, 0.2) is 0 Å². The lowest BCUT2D eigenvalue weighted by molar-refractivity contribution is 0.626. The average Bonchev–Trinajstić information content (AvgIpc) is 2.37. The zero-order valence-electron chi connectivity index (χ0n) is 10.9. The lowest BCUT2D eigenvalue weighted by Gasteiger charge is -2.16. The molecule has 2 rings (SSSR count). The second kappa shape index (κ2) is 5.53. The molecular weight excluding hydrogens is 239 g/mol. The molecule has 0 aliphatic heterocycles. The predicted molar refractivity (Wildman–Crippen MR) is 74.3 cm³/mol. The van der Waals surface area contributed by atoms with Crippen molar-refractivity contribution >= 4 is 5.69 Å². The number of benzene rings is 2. The van der Waals surface area contributed by atoms with Crippen molar-refractivity contribution in [2.75, 3.05) is 5.32 Å². The molecule has 0 saturated heterocycles. The largest absolute Gasteiger partial charge is 0.378 e. The molecule has 0 bridgehead atoms. The lowest BCUT2D eigenvalue weighted by Crippen LogP contribution is -2.07. The van der Waals surface area contributed by atoms with E-state index >= 15 is 0 Å². The third-order valence-corrected chi connectivity index (χ3v) is 2.94. The lowest BCUT2D eigenvalue weighted by atomic mass is 10.1. The summed E-state index contributed by atoms with van der Waals surface area (Å²) in [5.74, 6) is -0.250. The number of rotatable bonds is 3. The van der Waals surface area contributed by atoms with Crippen LogP contribution < -0.4 is 5.32 Å². The molecule has 2 nitrogen and oxygen atoms in total. The van der Waals surface area contributed by atoms with Crippen molar-refractivity contribution < 1.29 is 4.39 Å². The van der Waals surface area contributed by atoms with E-state index in [-0.39, 0.29) is 11.9 Å². The van der Waals surface area contributed by atoms with Crippen molar-refractivity contribution in [2.45, 2.75) is 19.9 Å². The number of anilines is 1. The van der Waals surface area contributed by atoms with Crippen LogP contribution in [0.3, 0.4) is 0 Å². The number of nitriles is 1. The highest BCUT2D eigenvalue weighted by Crippen LogP contribution is 2.21. The van der Waals surface area contributed by atoms with Crippen LogP contribution in [0.25, 0.3) is 0 Å². The summed E-state index contributed by atoms with van der Waals surface area (Å²) in [4.78, 5) is 0. The minimum Gasteiger partial charge on any atom is -0.378 e. The van der Waals surface area contributed by atoms with E-state index < -0.39 is 0 Å². The van der Waals surface area contributed by atoms with Crippen molar-refractivity contribution in [2.24, 2.45) is 0 Å². The summed E-state index contributed by atoms with van der Waals surface area (Å²) >= 11 is 0. The maximum Gasteiger partial charge on any atom is 0.125 e. The summed E-state index contributed by atoms with van der Waals surface area (Å²) in [5.41, 5.74) is 3.25. The van der Waals surface area contributed by atoms with Crippen molar-refractivity contribution in [1.29, 1.82) is 5.26 Å². The number of hydrogen-bond acceptors (Lipinski definition) is 2. The molecule has 1 unspecified atom stereocenters. The van der Waals surface area contributed by atoms with E-state index in [2.05, 4.69) is 11.4 Å². The van der Waals surface area contributed by atoms with Crippen LogP contribution in [0.1, 0.15) is 29.7 Å². The van der Waals surface area contributed by atoms with Gasteiger partial charge in [0.05, 0.1) is 11.6 Å². The third-order valence-electron chi connectivity index (χ3n) is 2.94. The Morgan fingerprint density at radius 1 is 1.21 bits per heavy atom. The summed E-state index contributed by atoms with van der Waals surface area (Å²) in [7, 11) is 0. The Morgan fingerprint density at radius 3 is 2.68 bits per heavy atom. The zero-order chi connectivity index (χ0) is 13.8. The minimum absolute atomic E-state index is 0.00880. The first-order valence-corrected chi connectivity index (χ1v) is 6.12. The van der Waals surface area contributed by atoms with Gasteiger partial charge in [-0.05, 0) is 55.3 Å². The first kappa shape index (κ1) is 13.1. The average molecular weight is 254 g/mol. The Kier molecular flexibility index (Phi) is 3.82. The topological polar surface area (TPSA) is 35.8 Å². The fourth-order valence-corrected chi connectivity index (χ4v) is 2.03. The van der Waals surface area contributed by atoms with E-state index in [4.69, 9.17) is 5.26 Å². The number of nitrogens with zero attached hydrogens (tertiary/aromatic N) is 1. The fraction of sp³-hybridized carbons (Fsp3) is 0.188. The number of nitrogens with one attached hydrogen (secondary N) is 1. The van der Waals surface area contributed by atoms with Crippen LogP contribution in [-0.2, 0) is 0 Å². The van der Waals surface area contributed by atoms with Gasteiger partial charge in [-0.3, -0.25) is 0 Å². The van der Waals surface area contributed by atoms with Gasteiger partial charge in [-0.1, -0.05) is 12.1 Å². The predicted octanol–water partition coefficient (Wildman–Crippen LogP) is 4.18. The maximum absolute atomic E-state index is 13.3. The van der Waals surface area contributed by atoms with Crippen LogP contribution in [0.5, 0.6) is 0 Å². The van der Waals surface area contributed by atoms with E-state index in [0.29, 0.717) is 5.56 Å². The summed E-state index contributed by atoms with van der Waals surface area (Å²) < 4.78 is 13.3. The van der Waals surface area contributed by atoms with Gasteiger partial charge in [0.2, 0.25) is 0 Å². The summed E-state index contributed by atoms with van der Waals surface area (Å²) in [6, 6.07) is 14.4. The molecule has 0 amide bonds. The highest BCUT2D eigenvalue weighted by molar-refractivity contribution is 5.48. The van der Waals surface area contributed by atoms with Gasteiger partial charge in [0.25, 0.3) is 0 Å². The molecule has 2 aromatic rings. The van der Waals surface area contributed by atoms with Gasteiger partial charge < -0.3 is 5.32 Å². The minimum atomic E-state index is -0.250. The molecule has 3 heteroatoms. The smallest absolute Gasteiger partial charge is 0.125 e. The quantitative estimate of drug-likeness (QED) is 0.891. The van der Waals surface area contributed by atoms with E-state index in [1.165, 1.54) is 12.1 Å². The van der Waals surface area contributed by atoms with Gasteiger partial charge in [-0.25, -0.2) is 4.39 Å². The Balaban J connectivity index is 2.20. The molecule has 1 N–H and O–H groups in total. The molecule has 2 aromatic carbocycles. The second-order valence-corrected chi connectivity index (χ2v) is 4.62. The summed E-state index contributed by atoms with van der Waals surface area (Å²) in [6.07, 6.45) is 0. The van der Waals surface area contributed by atoms with Crippen LogP contribution >= 0.6 is 0 Å². The molecule has 0 aromatic heterocycles. The molecule has 0 radical (unpaired) electrons.